The van der Waals surface area contributed by atoms with E-state index in [9.17, 15) is 4.79 Å². The Morgan fingerprint density at radius 3 is 2.89 bits per heavy atom. The summed E-state index contributed by atoms with van der Waals surface area (Å²) in [6, 6.07) is 3.10. The number of aliphatic hydroxyl groups is 1. The number of nitrogens with zero attached hydrogens (tertiary/aromatic N) is 1. The highest BCUT2D eigenvalue weighted by Crippen LogP contribution is 2.17. The van der Waals surface area contributed by atoms with Gasteiger partial charge in [-0.3, -0.25) is 0 Å². The van der Waals surface area contributed by atoms with E-state index in [2.05, 4.69) is 15.6 Å². The molecule has 0 fully saturated rings. The predicted octanol–water partition coefficient (Wildman–Crippen LogP) is 2.65. The first-order valence-corrected chi connectivity index (χ1v) is 6.73. The minimum atomic E-state index is -0.313. The molecule has 0 unspecified atom stereocenters. The fraction of sp³-hybridized carbons (Fsp3) is 0.538. The molecule has 2 amide bonds. The highest BCUT2D eigenvalue weighted by atomic mass is 35.5. The van der Waals surface area contributed by atoms with Crippen molar-refractivity contribution in [2.75, 3.05) is 11.9 Å². The van der Waals surface area contributed by atoms with Crippen LogP contribution in [0.1, 0.15) is 26.7 Å². The molecule has 19 heavy (non-hydrogen) atoms. The maximum absolute atomic E-state index is 11.8. The van der Waals surface area contributed by atoms with Gasteiger partial charge in [0.05, 0.1) is 5.69 Å². The van der Waals surface area contributed by atoms with E-state index in [1.807, 2.05) is 13.8 Å². The van der Waals surface area contributed by atoms with Crippen molar-refractivity contribution >= 4 is 23.3 Å². The molecule has 1 aromatic rings. The average molecular weight is 286 g/mol. The number of urea groups is 1. The van der Waals surface area contributed by atoms with Crippen LogP contribution < -0.4 is 10.6 Å². The number of pyridine rings is 1. The van der Waals surface area contributed by atoms with Crippen LogP contribution in [0.25, 0.3) is 0 Å². The number of halogens is 1. The molecule has 106 valence electrons. The van der Waals surface area contributed by atoms with Gasteiger partial charge in [0.25, 0.3) is 0 Å². The van der Waals surface area contributed by atoms with Gasteiger partial charge in [0.2, 0.25) is 0 Å². The minimum absolute atomic E-state index is 0.0256. The first-order valence-electron chi connectivity index (χ1n) is 6.35. The van der Waals surface area contributed by atoms with E-state index in [1.54, 1.807) is 18.3 Å². The van der Waals surface area contributed by atoms with Crippen molar-refractivity contribution in [1.82, 2.24) is 10.3 Å². The Hall–Kier alpha value is -1.33. The molecule has 0 bridgehead atoms. The number of amides is 2. The molecule has 0 aliphatic heterocycles. The van der Waals surface area contributed by atoms with E-state index in [-0.39, 0.29) is 29.8 Å². The monoisotopic (exact) mass is 285 g/mol. The standard InChI is InChI=1S/C13H20ClN3O2/c1-3-10(7-9(2)8-18)16-13(19)17-11-5-4-6-15-12(11)14/h4-6,9-10,18H,3,7-8H2,1-2H3,(H2,16,17,19)/t9-,10-/m0/s1. The summed E-state index contributed by atoms with van der Waals surface area (Å²) in [6.45, 7) is 4.06. The molecule has 0 radical (unpaired) electrons. The SMILES string of the molecule is CC[C@@H](C[C@H](C)CO)NC(=O)Nc1cccnc1Cl. The largest absolute Gasteiger partial charge is 0.396 e. The summed E-state index contributed by atoms with van der Waals surface area (Å²) in [6.07, 6.45) is 3.10. The van der Waals surface area contributed by atoms with Crippen LogP contribution in [0.15, 0.2) is 18.3 Å². The van der Waals surface area contributed by atoms with Gasteiger partial charge in [0.1, 0.15) is 0 Å². The lowest BCUT2D eigenvalue weighted by Gasteiger charge is -2.20. The third-order valence-electron chi connectivity index (χ3n) is 2.83. The Morgan fingerprint density at radius 2 is 2.32 bits per heavy atom. The molecule has 5 nitrogen and oxygen atoms in total. The third-order valence-corrected chi connectivity index (χ3v) is 3.14. The first-order chi connectivity index (χ1) is 9.06. The number of rotatable bonds is 6. The minimum Gasteiger partial charge on any atom is -0.396 e. The molecular formula is C13H20ClN3O2. The second-order valence-electron chi connectivity index (χ2n) is 4.57. The maximum Gasteiger partial charge on any atom is 0.319 e. The first kappa shape index (κ1) is 15.7. The van der Waals surface area contributed by atoms with Crippen molar-refractivity contribution in [1.29, 1.82) is 0 Å². The van der Waals surface area contributed by atoms with Crippen LogP contribution in [-0.4, -0.2) is 28.8 Å². The summed E-state index contributed by atoms with van der Waals surface area (Å²) >= 11 is 5.86. The van der Waals surface area contributed by atoms with E-state index < -0.39 is 0 Å². The Balaban J connectivity index is 2.52. The molecule has 0 aromatic carbocycles. The fourth-order valence-corrected chi connectivity index (χ4v) is 1.88. The zero-order chi connectivity index (χ0) is 14.3. The highest BCUT2D eigenvalue weighted by molar-refractivity contribution is 6.32. The molecular weight excluding hydrogens is 266 g/mol. The second kappa shape index (κ2) is 7.96. The lowest BCUT2D eigenvalue weighted by molar-refractivity contribution is 0.213. The molecule has 1 aromatic heterocycles. The number of hydrogen-bond donors (Lipinski definition) is 3. The number of carbonyl (C=O) groups is 1. The van der Waals surface area contributed by atoms with Gasteiger partial charge in [0, 0.05) is 18.8 Å². The van der Waals surface area contributed by atoms with Crippen molar-refractivity contribution in [2.45, 2.75) is 32.7 Å². The normalized spacial score (nSPS) is 13.7. The molecule has 0 saturated heterocycles. The van der Waals surface area contributed by atoms with Crippen LogP contribution in [0.5, 0.6) is 0 Å². The van der Waals surface area contributed by atoms with Crippen LogP contribution in [0, 0.1) is 5.92 Å². The lowest BCUT2D eigenvalue weighted by Crippen LogP contribution is -2.38. The van der Waals surface area contributed by atoms with E-state index >= 15 is 0 Å². The van der Waals surface area contributed by atoms with E-state index in [0.717, 1.165) is 12.8 Å². The van der Waals surface area contributed by atoms with Crippen molar-refractivity contribution < 1.29 is 9.90 Å². The molecule has 0 saturated carbocycles. The molecule has 6 heteroatoms. The van der Waals surface area contributed by atoms with Gasteiger partial charge in [-0.15, -0.1) is 0 Å². The quantitative estimate of drug-likeness (QED) is 0.704. The predicted molar refractivity (Wildman–Crippen MR) is 76.3 cm³/mol. The number of hydrogen-bond acceptors (Lipinski definition) is 3. The highest BCUT2D eigenvalue weighted by Gasteiger charge is 2.14. The van der Waals surface area contributed by atoms with Crippen LogP contribution in [0.2, 0.25) is 5.15 Å². The molecule has 2 atom stereocenters. The lowest BCUT2D eigenvalue weighted by atomic mass is 10.0. The van der Waals surface area contributed by atoms with Crippen molar-refractivity contribution in [3.8, 4) is 0 Å². The van der Waals surface area contributed by atoms with Crippen molar-refractivity contribution in [3.05, 3.63) is 23.5 Å². The Kier molecular flexibility index (Phi) is 6.59. The Bertz CT molecular complexity index is 415. The van der Waals surface area contributed by atoms with Crippen molar-refractivity contribution in [2.24, 2.45) is 5.92 Å². The summed E-state index contributed by atoms with van der Waals surface area (Å²) in [5.74, 6) is 0.159. The fourth-order valence-electron chi connectivity index (χ4n) is 1.71. The Morgan fingerprint density at radius 1 is 1.58 bits per heavy atom. The second-order valence-corrected chi connectivity index (χ2v) is 4.93. The van der Waals surface area contributed by atoms with Gasteiger partial charge in [0.15, 0.2) is 5.15 Å². The summed E-state index contributed by atoms with van der Waals surface area (Å²) in [7, 11) is 0. The Labute approximate surface area is 118 Å². The molecule has 1 heterocycles. The van der Waals surface area contributed by atoms with E-state index in [4.69, 9.17) is 16.7 Å². The molecule has 1 rings (SSSR count). The van der Waals surface area contributed by atoms with Gasteiger partial charge < -0.3 is 15.7 Å². The van der Waals surface area contributed by atoms with Crippen LogP contribution in [0.4, 0.5) is 10.5 Å². The zero-order valence-electron chi connectivity index (χ0n) is 11.2. The van der Waals surface area contributed by atoms with Gasteiger partial charge >= 0.3 is 6.03 Å². The number of anilines is 1. The molecule has 3 N–H and O–H groups in total. The number of aliphatic hydroxyl groups excluding tert-OH is 1. The van der Waals surface area contributed by atoms with Crippen molar-refractivity contribution in [3.63, 3.8) is 0 Å². The maximum atomic E-state index is 11.8. The summed E-state index contributed by atoms with van der Waals surface area (Å²) in [4.78, 5) is 15.7. The van der Waals surface area contributed by atoms with E-state index in [1.165, 1.54) is 0 Å². The molecule has 0 aliphatic carbocycles. The molecule has 0 aliphatic rings. The topological polar surface area (TPSA) is 74.2 Å². The zero-order valence-corrected chi connectivity index (χ0v) is 11.9. The number of carbonyl (C=O) groups excluding carboxylic acids is 1. The van der Waals surface area contributed by atoms with Gasteiger partial charge in [-0.2, -0.15) is 0 Å². The smallest absolute Gasteiger partial charge is 0.319 e. The number of nitrogens with one attached hydrogen (secondary N) is 2. The van der Waals surface area contributed by atoms with Crippen LogP contribution in [-0.2, 0) is 0 Å². The summed E-state index contributed by atoms with van der Waals surface area (Å²) < 4.78 is 0. The number of aromatic nitrogens is 1. The summed E-state index contributed by atoms with van der Waals surface area (Å²) in [5, 5.41) is 14.8. The van der Waals surface area contributed by atoms with Crippen LogP contribution in [0.3, 0.4) is 0 Å². The van der Waals surface area contributed by atoms with Gasteiger partial charge in [-0.25, -0.2) is 9.78 Å². The summed E-state index contributed by atoms with van der Waals surface area (Å²) in [5.41, 5.74) is 0.478. The van der Waals surface area contributed by atoms with Crippen LogP contribution >= 0.6 is 11.6 Å². The third kappa shape index (κ3) is 5.44. The molecule has 0 spiro atoms. The average Bonchev–Trinajstić information content (AvgIpc) is 2.40. The van der Waals surface area contributed by atoms with Gasteiger partial charge in [-0.05, 0) is 30.9 Å². The van der Waals surface area contributed by atoms with Gasteiger partial charge in [-0.1, -0.05) is 25.4 Å². The van der Waals surface area contributed by atoms with E-state index in [0.29, 0.717) is 5.69 Å².